The van der Waals surface area contributed by atoms with E-state index in [9.17, 15) is 0 Å². The summed E-state index contributed by atoms with van der Waals surface area (Å²) in [6.07, 6.45) is 7.80. The summed E-state index contributed by atoms with van der Waals surface area (Å²) >= 11 is 0. The molecule has 0 unspecified atom stereocenters. The maximum absolute atomic E-state index is 6.66. The smallest absolute Gasteiger partial charge is 0.179 e. The van der Waals surface area contributed by atoms with Crippen LogP contribution in [0.2, 0.25) is 0 Å². The van der Waals surface area contributed by atoms with E-state index in [1.807, 2.05) is 18.2 Å². The van der Waals surface area contributed by atoms with E-state index in [1.54, 1.807) is 0 Å². The highest BCUT2D eigenvalue weighted by Gasteiger charge is 2.45. The summed E-state index contributed by atoms with van der Waals surface area (Å²) in [6.45, 7) is 2.13. The zero-order valence-electron chi connectivity index (χ0n) is 13.9. The van der Waals surface area contributed by atoms with E-state index < -0.39 is 5.60 Å². The third-order valence-corrected chi connectivity index (χ3v) is 5.21. The van der Waals surface area contributed by atoms with E-state index in [4.69, 9.17) is 11.2 Å². The second-order valence-electron chi connectivity index (χ2n) is 6.61. The molecule has 0 bridgehead atoms. The maximum Gasteiger partial charge on any atom is 0.179 e. The number of terminal acetylenes is 1. The van der Waals surface area contributed by atoms with Crippen LogP contribution in [0.5, 0.6) is 5.75 Å². The summed E-state index contributed by atoms with van der Waals surface area (Å²) in [4.78, 5) is 0. The molecule has 3 aromatic rings. The van der Waals surface area contributed by atoms with Crippen LogP contribution in [0.15, 0.2) is 72.8 Å². The van der Waals surface area contributed by atoms with Gasteiger partial charge >= 0.3 is 0 Å². The molecule has 0 radical (unpaired) electrons. The van der Waals surface area contributed by atoms with Crippen LogP contribution in [-0.2, 0) is 5.60 Å². The maximum atomic E-state index is 6.66. The fourth-order valence-electron chi connectivity index (χ4n) is 4.10. The van der Waals surface area contributed by atoms with Crippen molar-refractivity contribution in [3.63, 3.8) is 0 Å². The molecule has 1 heteroatoms. The lowest BCUT2D eigenvalue weighted by atomic mass is 9.85. The van der Waals surface area contributed by atoms with Crippen molar-refractivity contribution in [3.05, 3.63) is 95.1 Å². The lowest BCUT2D eigenvalue weighted by Gasteiger charge is -2.35. The monoisotopic (exact) mass is 320 g/mol. The molecule has 25 heavy (non-hydrogen) atoms. The number of fused-ring (bicyclic) bond motifs is 6. The van der Waals surface area contributed by atoms with Gasteiger partial charge in [0.2, 0.25) is 0 Å². The zero-order chi connectivity index (χ0) is 17.0. The summed E-state index contributed by atoms with van der Waals surface area (Å²) in [5, 5.41) is 0. The molecule has 2 aliphatic rings. The van der Waals surface area contributed by atoms with Gasteiger partial charge in [-0.2, -0.15) is 0 Å². The molecular formula is C24H16O. The van der Waals surface area contributed by atoms with Gasteiger partial charge in [0, 0.05) is 22.3 Å². The highest BCUT2D eigenvalue weighted by Crippen LogP contribution is 2.54. The zero-order valence-corrected chi connectivity index (χ0v) is 13.9. The number of rotatable bonds is 0. The van der Waals surface area contributed by atoms with Crippen molar-refractivity contribution in [3.8, 4) is 29.2 Å². The first kappa shape index (κ1) is 14.1. The summed E-state index contributed by atoms with van der Waals surface area (Å²) in [5.41, 5.74) is 7.44. The third kappa shape index (κ3) is 1.80. The normalized spacial score (nSPS) is 15.4. The lowest BCUT2D eigenvalue weighted by molar-refractivity contribution is 0.165. The van der Waals surface area contributed by atoms with Gasteiger partial charge < -0.3 is 4.74 Å². The average Bonchev–Trinajstić information content (AvgIpc) is 2.92. The van der Waals surface area contributed by atoms with Gasteiger partial charge in [-0.05, 0) is 47.9 Å². The van der Waals surface area contributed by atoms with Crippen LogP contribution in [0.4, 0.5) is 0 Å². The average molecular weight is 320 g/mol. The Morgan fingerprint density at radius 1 is 0.840 bits per heavy atom. The first-order valence-electron chi connectivity index (χ1n) is 8.42. The van der Waals surface area contributed by atoms with Crippen molar-refractivity contribution in [1.29, 1.82) is 0 Å². The van der Waals surface area contributed by atoms with Crippen molar-refractivity contribution in [1.82, 2.24) is 0 Å². The van der Waals surface area contributed by atoms with Crippen molar-refractivity contribution in [2.24, 2.45) is 0 Å². The van der Waals surface area contributed by atoms with Crippen LogP contribution in [0.1, 0.15) is 29.2 Å². The van der Waals surface area contributed by atoms with Gasteiger partial charge in [-0.15, -0.1) is 6.42 Å². The molecule has 3 aromatic carbocycles. The van der Waals surface area contributed by atoms with Gasteiger partial charge in [-0.1, -0.05) is 54.5 Å². The highest BCUT2D eigenvalue weighted by atomic mass is 16.5. The van der Waals surface area contributed by atoms with Crippen LogP contribution in [0.25, 0.3) is 16.7 Å². The molecule has 1 heterocycles. The Morgan fingerprint density at radius 2 is 1.48 bits per heavy atom. The molecular weight excluding hydrogens is 304 g/mol. The predicted molar refractivity (Wildman–Crippen MR) is 101 cm³/mol. The van der Waals surface area contributed by atoms with Crippen molar-refractivity contribution in [2.75, 3.05) is 0 Å². The molecule has 1 spiro atoms. The van der Waals surface area contributed by atoms with Gasteiger partial charge in [0.1, 0.15) is 5.75 Å². The van der Waals surface area contributed by atoms with E-state index in [2.05, 4.69) is 67.5 Å². The Hall–Kier alpha value is -3.24. The van der Waals surface area contributed by atoms with E-state index >= 15 is 0 Å². The van der Waals surface area contributed by atoms with Gasteiger partial charge in [0.15, 0.2) is 5.60 Å². The molecule has 0 amide bonds. The van der Waals surface area contributed by atoms with Crippen LogP contribution >= 0.6 is 0 Å². The van der Waals surface area contributed by atoms with Gasteiger partial charge in [0.05, 0.1) is 0 Å². The van der Waals surface area contributed by atoms with Gasteiger partial charge in [-0.25, -0.2) is 0 Å². The molecule has 1 aliphatic heterocycles. The summed E-state index contributed by atoms with van der Waals surface area (Å²) < 4.78 is 6.66. The molecule has 0 saturated carbocycles. The molecule has 0 aromatic heterocycles. The Balaban J connectivity index is 1.81. The molecule has 5 rings (SSSR count). The summed E-state index contributed by atoms with van der Waals surface area (Å²) in [6, 6.07) is 23.0. The topological polar surface area (TPSA) is 9.23 Å². The van der Waals surface area contributed by atoms with E-state index in [0.29, 0.717) is 0 Å². The fraction of sp³-hybridized carbons (Fsp3) is 0.0833. The van der Waals surface area contributed by atoms with Gasteiger partial charge in [-0.3, -0.25) is 0 Å². The molecule has 1 aliphatic carbocycles. The molecule has 1 nitrogen and oxygen atoms in total. The van der Waals surface area contributed by atoms with Gasteiger partial charge in [0.25, 0.3) is 0 Å². The lowest BCUT2D eigenvalue weighted by Crippen LogP contribution is -2.32. The fourth-order valence-corrected chi connectivity index (χ4v) is 4.10. The largest absolute Gasteiger partial charge is 0.473 e. The number of hydrogen-bond acceptors (Lipinski definition) is 1. The van der Waals surface area contributed by atoms with Crippen LogP contribution < -0.4 is 4.74 Å². The number of ether oxygens (including phenoxy) is 1. The van der Waals surface area contributed by atoms with Crippen molar-refractivity contribution < 1.29 is 4.74 Å². The first-order chi connectivity index (χ1) is 12.2. The Labute approximate surface area is 147 Å². The second-order valence-corrected chi connectivity index (χ2v) is 6.61. The molecule has 0 fully saturated rings. The first-order valence-corrected chi connectivity index (χ1v) is 8.42. The molecule has 118 valence electrons. The quantitative estimate of drug-likeness (QED) is 0.505. The minimum Gasteiger partial charge on any atom is -0.473 e. The Kier molecular flexibility index (Phi) is 2.76. The number of allylic oxidation sites excluding steroid dienone is 1. The Bertz CT molecular complexity index is 1050. The molecule has 0 atom stereocenters. The van der Waals surface area contributed by atoms with Crippen LogP contribution in [0, 0.1) is 12.3 Å². The molecule has 0 saturated heterocycles. The molecule has 0 N–H and O–H groups in total. The van der Waals surface area contributed by atoms with E-state index in [-0.39, 0.29) is 0 Å². The van der Waals surface area contributed by atoms with E-state index in [1.165, 1.54) is 27.8 Å². The number of hydrogen-bond donors (Lipinski definition) is 0. The summed E-state index contributed by atoms with van der Waals surface area (Å²) in [7, 11) is 0. The minimum atomic E-state index is -0.568. The highest BCUT2D eigenvalue weighted by molar-refractivity contribution is 5.85. The summed E-state index contributed by atoms with van der Waals surface area (Å²) in [5.74, 6) is 3.59. The Morgan fingerprint density at radius 3 is 2.12 bits per heavy atom. The van der Waals surface area contributed by atoms with E-state index in [0.717, 1.165) is 16.9 Å². The number of benzene rings is 3. The second kappa shape index (κ2) is 4.88. The minimum absolute atomic E-state index is 0.568. The third-order valence-electron chi connectivity index (χ3n) is 5.21. The predicted octanol–water partition coefficient (Wildman–Crippen LogP) is 5.39. The van der Waals surface area contributed by atoms with Crippen molar-refractivity contribution >= 4 is 5.57 Å². The van der Waals surface area contributed by atoms with Crippen LogP contribution in [0.3, 0.4) is 0 Å². The van der Waals surface area contributed by atoms with Crippen LogP contribution in [-0.4, -0.2) is 0 Å². The standard InChI is InChI=1S/C24H16O/c1-3-17-12-13-23-20(14-17)16(2)15-24(25-23)21-10-6-4-8-18(21)19-9-5-7-11-22(19)24/h1,4-15H,2H3. The van der Waals surface area contributed by atoms with Crippen molar-refractivity contribution in [2.45, 2.75) is 12.5 Å². The SMILES string of the molecule is C#Cc1ccc2c(c1)C(C)=CC1(O2)c2ccccc2-c2ccccc21.